The fourth-order valence-electron chi connectivity index (χ4n) is 3.14. The second kappa shape index (κ2) is 8.55. The first-order valence-electron chi connectivity index (χ1n) is 8.97. The van der Waals surface area contributed by atoms with E-state index >= 15 is 0 Å². The van der Waals surface area contributed by atoms with Crippen LogP contribution in [0.2, 0.25) is 8.67 Å². The molecule has 1 atom stereocenters. The third-order valence-electron chi connectivity index (χ3n) is 4.43. The topological polar surface area (TPSA) is 51.7 Å². The van der Waals surface area contributed by atoms with Crippen molar-refractivity contribution in [3.8, 4) is 5.75 Å². The van der Waals surface area contributed by atoms with E-state index in [1.54, 1.807) is 11.0 Å². The van der Waals surface area contributed by atoms with Gasteiger partial charge in [0.2, 0.25) is 0 Å². The number of thiazole rings is 1. The van der Waals surface area contributed by atoms with Gasteiger partial charge in [0.25, 0.3) is 5.91 Å². The molecule has 2 aromatic heterocycles. The van der Waals surface area contributed by atoms with Crippen LogP contribution in [0.5, 0.6) is 5.75 Å². The number of thiophene rings is 1. The zero-order valence-electron chi connectivity index (χ0n) is 15.1. The predicted molar refractivity (Wildman–Crippen MR) is 116 cm³/mol. The molecule has 1 amide bonds. The second-order valence-electron chi connectivity index (χ2n) is 6.35. The second-order valence-corrected chi connectivity index (χ2v) is 9.64. The van der Waals surface area contributed by atoms with E-state index in [0.717, 1.165) is 35.4 Å². The largest absolute Gasteiger partial charge is 0.494 e. The summed E-state index contributed by atoms with van der Waals surface area (Å²) >= 11 is 14.9. The smallest absolute Gasteiger partial charge is 0.262 e. The number of nitrogens with zero attached hydrogens (tertiary/aromatic N) is 2. The summed E-state index contributed by atoms with van der Waals surface area (Å²) in [5.41, 5.74) is 1.21. The molecule has 4 rings (SSSR count). The molecule has 0 aliphatic carbocycles. The Morgan fingerprint density at radius 3 is 2.89 bits per heavy atom. The molecule has 5 nitrogen and oxygen atoms in total. The van der Waals surface area contributed by atoms with Crippen LogP contribution in [-0.2, 0) is 4.74 Å². The average Bonchev–Trinajstić information content (AvgIpc) is 3.39. The van der Waals surface area contributed by atoms with E-state index in [2.05, 4.69) is 4.98 Å². The van der Waals surface area contributed by atoms with Gasteiger partial charge in [-0.1, -0.05) is 34.5 Å². The summed E-state index contributed by atoms with van der Waals surface area (Å²) in [4.78, 5) is 19.6. The standard InChI is InChI=1S/C19H18Cl2N2O3S2/c1-2-25-11-5-6-14-15(8-11)27-19(22-14)23(10-12-4-3-7-26-12)18(24)13-9-16(20)28-17(13)21/h5-6,8-9,12H,2-4,7,10H2,1H3/t12-/m0/s1. The van der Waals surface area contributed by atoms with Crippen LogP contribution >= 0.6 is 45.9 Å². The number of hydrogen-bond donors (Lipinski definition) is 0. The van der Waals surface area contributed by atoms with E-state index < -0.39 is 0 Å². The number of amides is 1. The van der Waals surface area contributed by atoms with Crippen LogP contribution in [0.1, 0.15) is 30.1 Å². The molecule has 3 aromatic rings. The molecule has 28 heavy (non-hydrogen) atoms. The number of fused-ring (bicyclic) bond motifs is 1. The van der Waals surface area contributed by atoms with E-state index in [9.17, 15) is 4.79 Å². The summed E-state index contributed by atoms with van der Waals surface area (Å²) < 4.78 is 13.2. The van der Waals surface area contributed by atoms with Crippen LogP contribution in [-0.4, -0.2) is 36.8 Å². The molecule has 1 aromatic carbocycles. The normalized spacial score (nSPS) is 16.6. The van der Waals surface area contributed by atoms with Crippen molar-refractivity contribution in [1.82, 2.24) is 4.98 Å². The lowest BCUT2D eigenvalue weighted by Crippen LogP contribution is -2.37. The molecule has 0 spiro atoms. The van der Waals surface area contributed by atoms with Crippen LogP contribution < -0.4 is 9.64 Å². The minimum atomic E-state index is -0.215. The SMILES string of the molecule is CCOc1ccc2nc(N(C[C@@H]3CCCO3)C(=O)c3cc(Cl)sc3Cl)sc2c1. The lowest BCUT2D eigenvalue weighted by Gasteiger charge is -2.22. The first-order valence-corrected chi connectivity index (χ1v) is 11.4. The van der Waals surface area contributed by atoms with Gasteiger partial charge >= 0.3 is 0 Å². The van der Waals surface area contributed by atoms with Gasteiger partial charge < -0.3 is 9.47 Å². The summed E-state index contributed by atoms with van der Waals surface area (Å²) in [6, 6.07) is 7.35. The number of aromatic nitrogens is 1. The molecule has 3 heterocycles. The zero-order chi connectivity index (χ0) is 19.7. The number of halogens is 2. The molecule has 0 bridgehead atoms. The number of rotatable bonds is 6. The summed E-state index contributed by atoms with van der Waals surface area (Å²) in [7, 11) is 0. The van der Waals surface area contributed by atoms with Gasteiger partial charge in [-0.05, 0) is 44.0 Å². The maximum Gasteiger partial charge on any atom is 0.262 e. The summed E-state index contributed by atoms with van der Waals surface area (Å²) in [6.07, 6.45) is 1.90. The Morgan fingerprint density at radius 2 is 2.21 bits per heavy atom. The summed E-state index contributed by atoms with van der Waals surface area (Å²) in [6.45, 7) is 3.69. The zero-order valence-corrected chi connectivity index (χ0v) is 18.3. The van der Waals surface area contributed by atoms with Crippen LogP contribution in [0.15, 0.2) is 24.3 Å². The summed E-state index contributed by atoms with van der Waals surface area (Å²) in [5, 5.41) is 0.613. The van der Waals surface area contributed by atoms with Crippen LogP contribution in [0.3, 0.4) is 0 Å². The highest BCUT2D eigenvalue weighted by Crippen LogP contribution is 2.36. The Hall–Kier alpha value is -1.38. The molecule has 0 unspecified atom stereocenters. The Kier molecular flexibility index (Phi) is 6.08. The minimum Gasteiger partial charge on any atom is -0.494 e. The fraction of sp³-hybridized carbons (Fsp3) is 0.368. The van der Waals surface area contributed by atoms with Gasteiger partial charge in [0.15, 0.2) is 5.13 Å². The van der Waals surface area contributed by atoms with Crippen molar-refractivity contribution in [3.63, 3.8) is 0 Å². The highest BCUT2D eigenvalue weighted by molar-refractivity contribution is 7.22. The number of ether oxygens (including phenoxy) is 2. The molecular formula is C19H18Cl2N2O3S2. The van der Waals surface area contributed by atoms with E-state index in [1.807, 2.05) is 25.1 Å². The monoisotopic (exact) mass is 456 g/mol. The number of benzene rings is 1. The first-order chi connectivity index (χ1) is 13.5. The third kappa shape index (κ3) is 4.14. The first kappa shape index (κ1) is 19.9. The summed E-state index contributed by atoms with van der Waals surface area (Å²) in [5.74, 6) is 0.572. The third-order valence-corrected chi connectivity index (χ3v) is 6.96. The highest BCUT2D eigenvalue weighted by Gasteiger charge is 2.29. The molecule has 0 saturated carbocycles. The van der Waals surface area contributed by atoms with Gasteiger partial charge in [-0.25, -0.2) is 4.98 Å². The van der Waals surface area contributed by atoms with Crippen molar-refractivity contribution in [2.45, 2.75) is 25.9 Å². The molecule has 1 fully saturated rings. The van der Waals surface area contributed by atoms with Gasteiger partial charge in [0.1, 0.15) is 10.1 Å². The van der Waals surface area contributed by atoms with Crippen molar-refractivity contribution in [3.05, 3.63) is 38.5 Å². The van der Waals surface area contributed by atoms with Crippen LogP contribution in [0.25, 0.3) is 10.2 Å². The van der Waals surface area contributed by atoms with Crippen molar-refractivity contribution in [2.24, 2.45) is 0 Å². The van der Waals surface area contributed by atoms with Gasteiger partial charge in [-0.15, -0.1) is 11.3 Å². The van der Waals surface area contributed by atoms with Crippen molar-refractivity contribution in [1.29, 1.82) is 0 Å². The number of carbonyl (C=O) groups excluding carboxylic acids is 1. The Morgan fingerprint density at radius 1 is 1.36 bits per heavy atom. The Bertz CT molecular complexity index is 998. The van der Waals surface area contributed by atoms with Gasteiger partial charge in [-0.3, -0.25) is 9.69 Å². The predicted octanol–water partition coefficient (Wildman–Crippen LogP) is 5.89. The van der Waals surface area contributed by atoms with Crippen LogP contribution in [0.4, 0.5) is 5.13 Å². The maximum atomic E-state index is 13.3. The minimum absolute atomic E-state index is 0.0113. The van der Waals surface area contributed by atoms with E-state index in [0.29, 0.717) is 32.5 Å². The molecule has 1 saturated heterocycles. The van der Waals surface area contributed by atoms with Gasteiger partial charge in [-0.2, -0.15) is 0 Å². The molecule has 0 N–H and O–H groups in total. The molecule has 1 aliphatic heterocycles. The van der Waals surface area contributed by atoms with Crippen molar-refractivity contribution in [2.75, 3.05) is 24.7 Å². The number of anilines is 1. The molecular weight excluding hydrogens is 439 g/mol. The fourth-order valence-corrected chi connectivity index (χ4v) is 5.59. The number of carbonyl (C=O) groups is 1. The van der Waals surface area contributed by atoms with E-state index in [-0.39, 0.29) is 12.0 Å². The Labute approximate surface area is 180 Å². The average molecular weight is 457 g/mol. The van der Waals surface area contributed by atoms with Crippen molar-refractivity contribution >= 4 is 67.1 Å². The van der Waals surface area contributed by atoms with Gasteiger partial charge in [0.05, 0.1) is 39.4 Å². The quantitative estimate of drug-likeness (QED) is 0.463. The molecule has 9 heteroatoms. The number of hydrogen-bond acceptors (Lipinski definition) is 6. The van der Waals surface area contributed by atoms with E-state index in [1.165, 1.54) is 22.7 Å². The highest BCUT2D eigenvalue weighted by atomic mass is 35.5. The maximum absolute atomic E-state index is 13.3. The molecule has 1 aliphatic rings. The van der Waals surface area contributed by atoms with Crippen molar-refractivity contribution < 1.29 is 14.3 Å². The van der Waals surface area contributed by atoms with Crippen LogP contribution in [0, 0.1) is 0 Å². The van der Waals surface area contributed by atoms with Gasteiger partial charge in [0, 0.05) is 6.61 Å². The Balaban J connectivity index is 1.70. The lowest BCUT2D eigenvalue weighted by molar-refractivity contribution is 0.0918. The lowest BCUT2D eigenvalue weighted by atomic mass is 10.2. The van der Waals surface area contributed by atoms with E-state index in [4.69, 9.17) is 32.7 Å². The molecule has 0 radical (unpaired) electrons. The molecule has 148 valence electrons.